The van der Waals surface area contributed by atoms with E-state index in [1.807, 2.05) is 6.92 Å². The zero-order chi connectivity index (χ0) is 9.97. The van der Waals surface area contributed by atoms with Crippen LogP contribution in [0.5, 0.6) is 0 Å². The summed E-state index contributed by atoms with van der Waals surface area (Å²) in [4.78, 5) is 11.7. The lowest BCUT2D eigenvalue weighted by atomic mass is 10.1. The van der Waals surface area contributed by atoms with Crippen LogP contribution in [-0.2, 0) is 4.79 Å². The predicted octanol–water partition coefficient (Wildman–Crippen LogP) is 1.25. The van der Waals surface area contributed by atoms with E-state index in [4.69, 9.17) is 0 Å². The highest BCUT2D eigenvalue weighted by atomic mass is 32.2. The third-order valence-corrected chi connectivity index (χ3v) is 3.47. The Balaban J connectivity index is 1.82. The minimum Gasteiger partial charge on any atom is -0.303 e. The van der Waals surface area contributed by atoms with Crippen LogP contribution in [0.15, 0.2) is 5.10 Å². The first kappa shape index (κ1) is 9.83. The van der Waals surface area contributed by atoms with Crippen molar-refractivity contribution in [3.05, 3.63) is 0 Å². The van der Waals surface area contributed by atoms with E-state index >= 15 is 0 Å². The number of thioether (sulfide) groups is 1. The van der Waals surface area contributed by atoms with Gasteiger partial charge in [-0.15, -0.1) is 0 Å². The van der Waals surface area contributed by atoms with Gasteiger partial charge in [0.25, 0.3) is 0 Å². The molecule has 0 aromatic rings. The summed E-state index contributed by atoms with van der Waals surface area (Å²) in [6.45, 7) is 2.02. The molecule has 1 heterocycles. The molecule has 0 bridgehead atoms. The largest absolute Gasteiger partial charge is 0.303 e. The highest BCUT2D eigenvalue weighted by molar-refractivity contribution is 8.14. The Hall–Kier alpha value is -0.710. The summed E-state index contributed by atoms with van der Waals surface area (Å²) in [5.74, 6) is 0.360. The number of amidine groups is 1. The molecule has 1 unspecified atom stereocenters. The highest BCUT2D eigenvalue weighted by Gasteiger charge is 2.25. The Labute approximate surface area is 87.9 Å². The van der Waals surface area contributed by atoms with Gasteiger partial charge >= 0.3 is 0 Å². The molecule has 2 rings (SSSR count). The molecule has 78 valence electrons. The van der Waals surface area contributed by atoms with Crippen LogP contribution in [0.25, 0.3) is 0 Å². The van der Waals surface area contributed by atoms with Crippen LogP contribution in [0.3, 0.4) is 0 Å². The Bertz CT molecular complexity index is 261. The van der Waals surface area contributed by atoms with Gasteiger partial charge in [0.15, 0.2) is 5.17 Å². The Kier molecular flexibility index (Phi) is 2.96. The molecule has 0 aromatic heterocycles. The molecule has 1 fully saturated rings. The van der Waals surface area contributed by atoms with E-state index in [1.54, 1.807) is 11.8 Å². The molecule has 0 spiro atoms. The molecule has 1 atom stereocenters. The van der Waals surface area contributed by atoms with Crippen LogP contribution >= 0.6 is 11.8 Å². The summed E-state index contributed by atoms with van der Waals surface area (Å²) in [7, 11) is 0. The molecule has 1 saturated carbocycles. The van der Waals surface area contributed by atoms with Crippen LogP contribution in [0.4, 0.5) is 0 Å². The van der Waals surface area contributed by atoms with Crippen molar-refractivity contribution in [3.63, 3.8) is 0 Å². The lowest BCUT2D eigenvalue weighted by molar-refractivity contribution is -0.123. The van der Waals surface area contributed by atoms with Crippen LogP contribution in [0.2, 0.25) is 0 Å². The first-order chi connectivity index (χ1) is 6.75. The smallest absolute Gasteiger partial charge is 0.229 e. The molecule has 2 N–H and O–H groups in total. The van der Waals surface area contributed by atoms with Crippen molar-refractivity contribution < 1.29 is 4.79 Å². The average molecular weight is 213 g/mol. The molecule has 2 aliphatic rings. The van der Waals surface area contributed by atoms with Crippen molar-refractivity contribution >= 4 is 22.8 Å². The van der Waals surface area contributed by atoms with Crippen LogP contribution < -0.4 is 10.7 Å². The number of hydrogen-bond acceptors (Lipinski definition) is 4. The fourth-order valence-corrected chi connectivity index (χ4v) is 2.53. The van der Waals surface area contributed by atoms with E-state index in [-0.39, 0.29) is 17.2 Å². The molecular formula is C9H15N3OS. The second-order valence-corrected chi connectivity index (χ2v) is 5.11. The second kappa shape index (κ2) is 4.21. The number of nitrogens with zero attached hydrogens (tertiary/aromatic N) is 1. The number of rotatable bonds is 1. The average Bonchev–Trinajstić information content (AvgIpc) is 2.75. The van der Waals surface area contributed by atoms with Crippen molar-refractivity contribution in [3.8, 4) is 0 Å². The van der Waals surface area contributed by atoms with E-state index in [0.29, 0.717) is 0 Å². The summed E-state index contributed by atoms with van der Waals surface area (Å²) in [5.41, 5.74) is 2.90. The minimum absolute atomic E-state index is 0.143. The third kappa shape index (κ3) is 2.20. The molecule has 1 aliphatic carbocycles. The van der Waals surface area contributed by atoms with Gasteiger partial charge in [-0.2, -0.15) is 5.10 Å². The summed E-state index contributed by atoms with van der Waals surface area (Å²) in [5, 5.41) is 7.88. The summed E-state index contributed by atoms with van der Waals surface area (Å²) < 4.78 is 0. The van der Waals surface area contributed by atoms with Crippen molar-refractivity contribution in [1.29, 1.82) is 0 Å². The number of hydrazone groups is 1. The standard InChI is InChI=1S/C9H15N3OS/c1-6-11-12-9(14-6)10-8(13)7-4-2-3-5-7/h6-7,11H,2-5H2,1H3,(H,10,12,13). The first-order valence-corrected chi connectivity index (χ1v) is 5.94. The minimum atomic E-state index is 0.143. The zero-order valence-electron chi connectivity index (χ0n) is 8.25. The second-order valence-electron chi connectivity index (χ2n) is 3.78. The van der Waals surface area contributed by atoms with E-state index in [1.165, 1.54) is 12.8 Å². The fraction of sp³-hybridized carbons (Fsp3) is 0.778. The van der Waals surface area contributed by atoms with Crippen molar-refractivity contribution in [2.45, 2.75) is 38.0 Å². The Morgan fingerprint density at radius 2 is 2.29 bits per heavy atom. The van der Waals surface area contributed by atoms with Gasteiger partial charge in [-0.25, -0.2) is 0 Å². The van der Waals surface area contributed by atoms with Crippen LogP contribution in [0, 0.1) is 5.92 Å². The lowest BCUT2D eigenvalue weighted by Gasteiger charge is -2.08. The topological polar surface area (TPSA) is 53.5 Å². The van der Waals surface area contributed by atoms with Gasteiger partial charge in [-0.1, -0.05) is 24.6 Å². The van der Waals surface area contributed by atoms with E-state index in [9.17, 15) is 4.79 Å². The maximum atomic E-state index is 11.7. The van der Waals surface area contributed by atoms with Gasteiger partial charge in [-0.05, 0) is 19.8 Å². The molecule has 4 nitrogen and oxygen atoms in total. The predicted molar refractivity (Wildman–Crippen MR) is 57.7 cm³/mol. The summed E-state index contributed by atoms with van der Waals surface area (Å²) >= 11 is 1.56. The number of carbonyl (C=O) groups excluding carboxylic acids is 1. The molecule has 1 amide bonds. The first-order valence-electron chi connectivity index (χ1n) is 5.06. The summed E-state index contributed by atoms with van der Waals surface area (Å²) in [6.07, 6.45) is 4.44. The van der Waals surface area contributed by atoms with Gasteiger partial charge in [0, 0.05) is 5.92 Å². The maximum absolute atomic E-state index is 11.7. The van der Waals surface area contributed by atoms with Crippen molar-refractivity contribution in [1.82, 2.24) is 10.7 Å². The Morgan fingerprint density at radius 3 is 2.86 bits per heavy atom. The molecule has 0 radical (unpaired) electrons. The third-order valence-electron chi connectivity index (χ3n) is 2.59. The SMILES string of the molecule is CC1NN=C(NC(=O)C2CCCC2)S1. The van der Waals surface area contributed by atoms with Crippen LogP contribution in [-0.4, -0.2) is 16.4 Å². The molecule has 14 heavy (non-hydrogen) atoms. The van der Waals surface area contributed by atoms with Gasteiger partial charge in [0.1, 0.15) is 0 Å². The summed E-state index contributed by atoms with van der Waals surface area (Å²) in [6, 6.07) is 0. The number of carbonyl (C=O) groups is 1. The number of nitrogens with one attached hydrogen (secondary N) is 2. The van der Waals surface area contributed by atoms with E-state index < -0.39 is 0 Å². The van der Waals surface area contributed by atoms with Crippen molar-refractivity contribution in [2.24, 2.45) is 11.0 Å². The lowest BCUT2D eigenvalue weighted by Crippen LogP contribution is -2.32. The molecular weight excluding hydrogens is 198 g/mol. The van der Waals surface area contributed by atoms with E-state index in [0.717, 1.165) is 18.0 Å². The molecule has 1 aliphatic heterocycles. The number of amides is 1. The Morgan fingerprint density at radius 1 is 1.57 bits per heavy atom. The van der Waals surface area contributed by atoms with Gasteiger partial charge in [0.2, 0.25) is 5.91 Å². The normalized spacial score (nSPS) is 27.2. The van der Waals surface area contributed by atoms with E-state index in [2.05, 4.69) is 15.8 Å². The monoisotopic (exact) mass is 213 g/mol. The fourth-order valence-electron chi connectivity index (χ4n) is 1.82. The maximum Gasteiger partial charge on any atom is 0.229 e. The quantitative estimate of drug-likeness (QED) is 0.689. The van der Waals surface area contributed by atoms with Crippen molar-refractivity contribution in [2.75, 3.05) is 0 Å². The van der Waals surface area contributed by atoms with Gasteiger partial charge < -0.3 is 5.32 Å². The number of hydrogen-bond donors (Lipinski definition) is 2. The molecule has 5 heteroatoms. The molecule has 0 saturated heterocycles. The van der Waals surface area contributed by atoms with Gasteiger partial charge in [0.05, 0.1) is 5.37 Å². The van der Waals surface area contributed by atoms with Crippen LogP contribution in [0.1, 0.15) is 32.6 Å². The highest BCUT2D eigenvalue weighted by Crippen LogP contribution is 2.25. The molecule has 0 aromatic carbocycles. The van der Waals surface area contributed by atoms with Gasteiger partial charge in [-0.3, -0.25) is 10.2 Å². The zero-order valence-corrected chi connectivity index (χ0v) is 9.06.